The van der Waals surface area contributed by atoms with Crippen molar-refractivity contribution in [3.63, 3.8) is 0 Å². The van der Waals surface area contributed by atoms with Gasteiger partial charge in [-0.3, -0.25) is 9.78 Å². The highest BCUT2D eigenvalue weighted by Gasteiger charge is 2.18. The molecule has 2 aromatic rings. The van der Waals surface area contributed by atoms with Crippen LogP contribution in [0.3, 0.4) is 0 Å². The van der Waals surface area contributed by atoms with Gasteiger partial charge in [-0.05, 0) is 25.0 Å². The molecule has 0 aliphatic carbocycles. The number of ether oxygens (including phenoxy) is 1. The summed E-state index contributed by atoms with van der Waals surface area (Å²) in [6.45, 7) is 1.66. The number of H-pyrrole nitrogens is 1. The van der Waals surface area contributed by atoms with Gasteiger partial charge in [-0.15, -0.1) is 0 Å². The van der Waals surface area contributed by atoms with Crippen LogP contribution < -0.4 is 10.5 Å². The maximum atomic E-state index is 12.4. The van der Waals surface area contributed by atoms with E-state index in [1.54, 1.807) is 24.3 Å². The molecule has 1 aliphatic heterocycles. The molecule has 134 valence electrons. The third kappa shape index (κ3) is 3.59. The van der Waals surface area contributed by atoms with Gasteiger partial charge < -0.3 is 9.64 Å². The number of nitrogens with one attached hydrogen (secondary N) is 1. The molecule has 0 bridgehead atoms. The number of aromatic nitrogens is 2. The molecule has 7 nitrogen and oxygen atoms in total. The lowest BCUT2D eigenvalue weighted by molar-refractivity contribution is 0.0601. The highest BCUT2D eigenvalue weighted by molar-refractivity contribution is 5.90. The molecule has 1 saturated heterocycles. The van der Waals surface area contributed by atoms with Crippen molar-refractivity contribution in [1.29, 1.82) is 5.26 Å². The van der Waals surface area contributed by atoms with Crippen LogP contribution in [0.15, 0.2) is 29.1 Å². The van der Waals surface area contributed by atoms with E-state index in [1.165, 1.54) is 20.0 Å². The van der Waals surface area contributed by atoms with Gasteiger partial charge in [0.15, 0.2) is 0 Å². The number of benzene rings is 1. The molecule has 7 heteroatoms. The van der Waals surface area contributed by atoms with Crippen LogP contribution in [-0.2, 0) is 4.74 Å². The molecule has 0 saturated carbocycles. The number of hydrogen-bond acceptors (Lipinski definition) is 6. The third-order valence-electron chi connectivity index (χ3n) is 4.50. The lowest BCUT2D eigenvalue weighted by Gasteiger charge is -2.21. The Bertz CT molecular complexity index is 888. The highest BCUT2D eigenvalue weighted by Crippen LogP contribution is 2.23. The number of nitriles is 1. The molecule has 1 N–H and O–H groups in total. The second-order valence-electron chi connectivity index (χ2n) is 6.20. The number of hydrogen-bond donors (Lipinski definition) is 1. The molecule has 0 radical (unpaired) electrons. The van der Waals surface area contributed by atoms with E-state index in [0.29, 0.717) is 22.8 Å². The fourth-order valence-electron chi connectivity index (χ4n) is 3.09. The van der Waals surface area contributed by atoms with E-state index in [0.717, 1.165) is 25.9 Å². The van der Waals surface area contributed by atoms with E-state index in [-0.39, 0.29) is 5.56 Å². The molecule has 1 aromatic heterocycles. The van der Waals surface area contributed by atoms with Crippen molar-refractivity contribution in [3.05, 3.63) is 45.7 Å². The maximum Gasteiger partial charge on any atom is 0.337 e. The number of methoxy groups -OCH3 is 1. The van der Waals surface area contributed by atoms with Crippen LogP contribution in [0.2, 0.25) is 0 Å². The Morgan fingerprint density at radius 2 is 1.85 bits per heavy atom. The molecular formula is C19H20N4O3. The van der Waals surface area contributed by atoms with Gasteiger partial charge in [0.25, 0.3) is 5.56 Å². The molecule has 0 atom stereocenters. The molecule has 1 fully saturated rings. The molecule has 26 heavy (non-hydrogen) atoms. The van der Waals surface area contributed by atoms with Gasteiger partial charge in [0.2, 0.25) is 5.95 Å². The van der Waals surface area contributed by atoms with Crippen molar-refractivity contribution in [2.45, 2.75) is 25.7 Å². The summed E-state index contributed by atoms with van der Waals surface area (Å²) in [5, 5.41) is 9.39. The lowest BCUT2D eigenvalue weighted by Crippen LogP contribution is -2.29. The van der Waals surface area contributed by atoms with Gasteiger partial charge in [-0.2, -0.15) is 5.26 Å². The van der Waals surface area contributed by atoms with Gasteiger partial charge in [-0.1, -0.05) is 25.0 Å². The van der Waals surface area contributed by atoms with Crippen LogP contribution in [0.25, 0.3) is 11.3 Å². The van der Waals surface area contributed by atoms with Gasteiger partial charge in [0, 0.05) is 18.7 Å². The van der Waals surface area contributed by atoms with E-state index >= 15 is 0 Å². The highest BCUT2D eigenvalue weighted by atomic mass is 16.5. The van der Waals surface area contributed by atoms with E-state index in [4.69, 9.17) is 0 Å². The van der Waals surface area contributed by atoms with Crippen molar-refractivity contribution in [3.8, 4) is 17.3 Å². The van der Waals surface area contributed by atoms with E-state index < -0.39 is 11.5 Å². The topological polar surface area (TPSA) is 99.1 Å². The van der Waals surface area contributed by atoms with E-state index in [9.17, 15) is 14.9 Å². The van der Waals surface area contributed by atoms with E-state index in [1.807, 2.05) is 6.07 Å². The predicted molar refractivity (Wildman–Crippen MR) is 97.0 cm³/mol. The van der Waals surface area contributed by atoms with E-state index in [2.05, 4.69) is 19.6 Å². The molecule has 2 heterocycles. The Morgan fingerprint density at radius 1 is 1.19 bits per heavy atom. The summed E-state index contributed by atoms with van der Waals surface area (Å²) < 4.78 is 4.69. The summed E-state index contributed by atoms with van der Waals surface area (Å²) in [7, 11) is 1.32. The minimum atomic E-state index is -0.450. The van der Waals surface area contributed by atoms with Crippen molar-refractivity contribution in [2.24, 2.45) is 0 Å². The van der Waals surface area contributed by atoms with Crippen molar-refractivity contribution in [2.75, 3.05) is 25.1 Å². The van der Waals surface area contributed by atoms with Crippen LogP contribution in [0.1, 0.15) is 41.6 Å². The summed E-state index contributed by atoms with van der Waals surface area (Å²) in [5.41, 5.74) is 0.846. The fraction of sp³-hybridized carbons (Fsp3) is 0.368. The van der Waals surface area contributed by atoms with Crippen LogP contribution in [0.5, 0.6) is 0 Å². The quantitative estimate of drug-likeness (QED) is 0.852. The SMILES string of the molecule is COC(=O)c1ccc(-c2nc(N3CCCCCC3)[nH]c(=O)c2C#N)cc1. The lowest BCUT2D eigenvalue weighted by atomic mass is 10.1. The first-order valence-electron chi connectivity index (χ1n) is 8.62. The average molecular weight is 352 g/mol. The number of anilines is 1. The number of aromatic amines is 1. The largest absolute Gasteiger partial charge is 0.465 e. The Hall–Kier alpha value is -3.14. The Morgan fingerprint density at radius 3 is 2.42 bits per heavy atom. The summed E-state index contributed by atoms with van der Waals surface area (Å²) in [5.74, 6) is 0.0455. The van der Waals surface area contributed by atoms with Crippen molar-refractivity contribution >= 4 is 11.9 Å². The van der Waals surface area contributed by atoms with Gasteiger partial charge in [-0.25, -0.2) is 9.78 Å². The zero-order chi connectivity index (χ0) is 18.5. The number of esters is 1. The van der Waals surface area contributed by atoms with Gasteiger partial charge in [0.05, 0.1) is 18.4 Å². The standard InChI is InChI=1S/C19H20N4O3/c1-26-18(25)14-8-6-13(7-9-14)16-15(12-20)17(24)22-19(21-16)23-10-4-2-3-5-11-23/h6-9H,2-5,10-11H2,1H3,(H,21,22,24). The van der Waals surface area contributed by atoms with Gasteiger partial charge in [0.1, 0.15) is 11.6 Å². The molecule has 0 unspecified atom stereocenters. The van der Waals surface area contributed by atoms with Gasteiger partial charge >= 0.3 is 5.97 Å². The van der Waals surface area contributed by atoms with Crippen LogP contribution >= 0.6 is 0 Å². The maximum absolute atomic E-state index is 12.4. The minimum absolute atomic E-state index is 0.0330. The van der Waals surface area contributed by atoms with Crippen molar-refractivity contribution < 1.29 is 9.53 Å². The Balaban J connectivity index is 2.03. The first kappa shape index (κ1) is 17.7. The molecule has 1 aromatic carbocycles. The van der Waals surface area contributed by atoms with Crippen molar-refractivity contribution in [1.82, 2.24) is 9.97 Å². The summed E-state index contributed by atoms with van der Waals surface area (Å²) in [6, 6.07) is 8.46. The fourth-order valence-corrected chi connectivity index (χ4v) is 3.09. The second kappa shape index (κ2) is 7.83. The van der Waals surface area contributed by atoms with Crippen LogP contribution in [0.4, 0.5) is 5.95 Å². The third-order valence-corrected chi connectivity index (χ3v) is 4.50. The number of carbonyl (C=O) groups excluding carboxylic acids is 1. The second-order valence-corrected chi connectivity index (χ2v) is 6.20. The summed E-state index contributed by atoms with van der Waals surface area (Å²) >= 11 is 0. The zero-order valence-corrected chi connectivity index (χ0v) is 14.6. The minimum Gasteiger partial charge on any atom is -0.465 e. The normalized spacial score (nSPS) is 14.4. The molecular weight excluding hydrogens is 332 g/mol. The molecule has 0 spiro atoms. The molecule has 3 rings (SSSR count). The Kier molecular flexibility index (Phi) is 5.32. The summed E-state index contributed by atoms with van der Waals surface area (Å²) in [4.78, 5) is 33.3. The molecule has 1 aliphatic rings. The first-order valence-corrected chi connectivity index (χ1v) is 8.62. The molecule has 0 amide bonds. The van der Waals surface area contributed by atoms with Crippen LogP contribution in [0, 0.1) is 11.3 Å². The zero-order valence-electron chi connectivity index (χ0n) is 14.6. The summed E-state index contributed by atoms with van der Waals surface area (Å²) in [6.07, 6.45) is 4.43. The van der Waals surface area contributed by atoms with Crippen LogP contribution in [-0.4, -0.2) is 36.1 Å². The Labute approximate surface area is 151 Å². The predicted octanol–water partition coefficient (Wildman–Crippen LogP) is 2.48. The monoisotopic (exact) mass is 352 g/mol. The number of nitrogens with zero attached hydrogens (tertiary/aromatic N) is 3. The average Bonchev–Trinajstić information content (AvgIpc) is 2.96. The number of carbonyl (C=O) groups is 1. The number of rotatable bonds is 3. The first-order chi connectivity index (χ1) is 12.6. The smallest absolute Gasteiger partial charge is 0.337 e.